The van der Waals surface area contributed by atoms with E-state index in [1.165, 1.54) is 0 Å². The maximum absolute atomic E-state index is 10.6. The lowest BCUT2D eigenvalue weighted by Gasteiger charge is -1.98. The zero-order valence-corrected chi connectivity index (χ0v) is 6.63. The second kappa shape index (κ2) is 4.24. The van der Waals surface area contributed by atoms with Crippen LogP contribution in [0.1, 0.15) is 5.69 Å². The molecule has 2 N–H and O–H groups in total. The molecule has 0 aromatic carbocycles. The first-order valence-electron chi connectivity index (χ1n) is 3.69. The van der Waals surface area contributed by atoms with Crippen molar-refractivity contribution in [2.75, 3.05) is 6.54 Å². The molecule has 1 heterocycles. The topological polar surface area (TPSA) is 44.9 Å². The standard InChI is InChI=1S/C9H10N2O/c1-2-9(12)11-7-5-8-4-3-6-10-8/h1,3-4,6,10H,5,7H2,(H,11,12). The van der Waals surface area contributed by atoms with Crippen LogP contribution in [-0.2, 0) is 11.2 Å². The Balaban J connectivity index is 2.20. The molecule has 12 heavy (non-hydrogen) atoms. The minimum Gasteiger partial charge on any atom is -0.365 e. The summed E-state index contributed by atoms with van der Waals surface area (Å²) in [7, 11) is 0. The van der Waals surface area contributed by atoms with E-state index in [1.54, 1.807) is 0 Å². The number of hydrogen-bond donors (Lipinski definition) is 2. The second-order valence-corrected chi connectivity index (χ2v) is 2.35. The van der Waals surface area contributed by atoms with Crippen molar-refractivity contribution in [1.82, 2.24) is 10.3 Å². The summed E-state index contributed by atoms with van der Waals surface area (Å²) in [6.07, 6.45) is 7.49. The fourth-order valence-corrected chi connectivity index (χ4v) is 0.885. The predicted molar refractivity (Wildman–Crippen MR) is 46.3 cm³/mol. The number of nitrogens with one attached hydrogen (secondary N) is 2. The highest BCUT2D eigenvalue weighted by atomic mass is 16.1. The molecule has 0 aliphatic rings. The Morgan fingerprint density at radius 1 is 1.75 bits per heavy atom. The van der Waals surface area contributed by atoms with Crippen LogP contribution in [0.15, 0.2) is 18.3 Å². The van der Waals surface area contributed by atoms with Crippen molar-refractivity contribution < 1.29 is 4.79 Å². The molecule has 0 radical (unpaired) electrons. The first kappa shape index (κ1) is 8.41. The summed E-state index contributed by atoms with van der Waals surface area (Å²) in [4.78, 5) is 13.6. The van der Waals surface area contributed by atoms with E-state index in [2.05, 4.69) is 10.3 Å². The van der Waals surface area contributed by atoms with Gasteiger partial charge in [-0.25, -0.2) is 0 Å². The Bertz CT molecular complexity index is 282. The zero-order chi connectivity index (χ0) is 8.81. The molecule has 0 saturated heterocycles. The lowest BCUT2D eigenvalue weighted by atomic mass is 10.3. The van der Waals surface area contributed by atoms with Gasteiger partial charge in [0.15, 0.2) is 0 Å². The number of rotatable bonds is 3. The lowest BCUT2D eigenvalue weighted by Crippen LogP contribution is -2.23. The van der Waals surface area contributed by atoms with Crippen LogP contribution in [0.4, 0.5) is 0 Å². The summed E-state index contributed by atoms with van der Waals surface area (Å²) in [5.41, 5.74) is 1.09. The number of carbonyl (C=O) groups is 1. The number of aromatic nitrogens is 1. The molecule has 0 atom stereocenters. The average molecular weight is 162 g/mol. The third-order valence-electron chi connectivity index (χ3n) is 1.47. The third-order valence-corrected chi connectivity index (χ3v) is 1.47. The van der Waals surface area contributed by atoms with Gasteiger partial charge in [0.2, 0.25) is 0 Å². The summed E-state index contributed by atoms with van der Waals surface area (Å²) in [6.45, 7) is 0.573. The van der Waals surface area contributed by atoms with Gasteiger partial charge in [-0.3, -0.25) is 4.79 Å². The summed E-state index contributed by atoms with van der Waals surface area (Å²) >= 11 is 0. The van der Waals surface area contributed by atoms with Crippen molar-refractivity contribution in [3.8, 4) is 12.3 Å². The molecule has 62 valence electrons. The van der Waals surface area contributed by atoms with Crippen LogP contribution < -0.4 is 5.32 Å². The van der Waals surface area contributed by atoms with E-state index in [0.29, 0.717) is 6.54 Å². The van der Waals surface area contributed by atoms with E-state index in [-0.39, 0.29) is 5.91 Å². The van der Waals surface area contributed by atoms with E-state index in [1.807, 2.05) is 24.3 Å². The van der Waals surface area contributed by atoms with E-state index in [4.69, 9.17) is 6.42 Å². The molecule has 0 unspecified atom stereocenters. The quantitative estimate of drug-likeness (QED) is 0.617. The van der Waals surface area contributed by atoms with Gasteiger partial charge in [0.1, 0.15) is 0 Å². The lowest BCUT2D eigenvalue weighted by molar-refractivity contribution is -0.115. The van der Waals surface area contributed by atoms with E-state index >= 15 is 0 Å². The van der Waals surface area contributed by atoms with Gasteiger partial charge in [-0.15, -0.1) is 6.42 Å². The Hall–Kier alpha value is -1.69. The fraction of sp³-hybridized carbons (Fsp3) is 0.222. The molecule has 0 bridgehead atoms. The smallest absolute Gasteiger partial charge is 0.295 e. The molecule has 0 saturated carbocycles. The highest BCUT2D eigenvalue weighted by Crippen LogP contribution is 1.93. The summed E-state index contributed by atoms with van der Waals surface area (Å²) in [5, 5.41) is 2.58. The van der Waals surface area contributed by atoms with Gasteiger partial charge in [0.05, 0.1) is 0 Å². The van der Waals surface area contributed by atoms with Crippen LogP contribution in [0, 0.1) is 12.3 Å². The predicted octanol–water partition coefficient (Wildman–Crippen LogP) is 0.307. The van der Waals surface area contributed by atoms with Gasteiger partial charge in [-0.1, -0.05) is 0 Å². The number of amides is 1. The Morgan fingerprint density at radius 3 is 3.17 bits per heavy atom. The molecule has 1 aromatic heterocycles. The highest BCUT2D eigenvalue weighted by Gasteiger charge is 1.94. The number of hydrogen-bond acceptors (Lipinski definition) is 1. The normalized spacial score (nSPS) is 8.92. The molecule has 0 aliphatic carbocycles. The first-order chi connectivity index (χ1) is 5.83. The fourth-order valence-electron chi connectivity index (χ4n) is 0.885. The second-order valence-electron chi connectivity index (χ2n) is 2.35. The van der Waals surface area contributed by atoms with Crippen LogP contribution in [0.25, 0.3) is 0 Å². The molecule has 3 heteroatoms. The molecule has 3 nitrogen and oxygen atoms in total. The number of terminal acetylenes is 1. The minimum absolute atomic E-state index is 0.360. The molecule has 0 spiro atoms. The van der Waals surface area contributed by atoms with Crippen molar-refractivity contribution in [2.45, 2.75) is 6.42 Å². The van der Waals surface area contributed by atoms with Gasteiger partial charge in [0.25, 0.3) is 5.91 Å². The van der Waals surface area contributed by atoms with Crippen LogP contribution >= 0.6 is 0 Å². The minimum atomic E-state index is -0.360. The van der Waals surface area contributed by atoms with Gasteiger partial charge < -0.3 is 10.3 Å². The summed E-state index contributed by atoms with van der Waals surface area (Å²) in [5.74, 6) is 1.63. The molecule has 1 rings (SSSR count). The Labute approximate surface area is 71.2 Å². The molecular formula is C9H10N2O. The van der Waals surface area contributed by atoms with Crippen molar-refractivity contribution in [2.24, 2.45) is 0 Å². The van der Waals surface area contributed by atoms with Crippen LogP contribution in [0.5, 0.6) is 0 Å². The zero-order valence-electron chi connectivity index (χ0n) is 6.63. The number of carbonyl (C=O) groups excluding carboxylic acids is 1. The largest absolute Gasteiger partial charge is 0.365 e. The maximum atomic E-state index is 10.6. The van der Waals surface area contributed by atoms with Crippen LogP contribution in [0.2, 0.25) is 0 Å². The Morgan fingerprint density at radius 2 is 2.58 bits per heavy atom. The van der Waals surface area contributed by atoms with Crippen molar-refractivity contribution in [1.29, 1.82) is 0 Å². The van der Waals surface area contributed by atoms with Gasteiger partial charge >= 0.3 is 0 Å². The van der Waals surface area contributed by atoms with Gasteiger partial charge in [-0.2, -0.15) is 0 Å². The average Bonchev–Trinajstić information content (AvgIpc) is 2.57. The van der Waals surface area contributed by atoms with Crippen LogP contribution in [0.3, 0.4) is 0 Å². The van der Waals surface area contributed by atoms with Gasteiger partial charge in [0, 0.05) is 24.9 Å². The molecule has 0 fully saturated rings. The Kier molecular flexibility index (Phi) is 2.97. The monoisotopic (exact) mass is 162 g/mol. The summed E-state index contributed by atoms with van der Waals surface area (Å²) in [6, 6.07) is 3.88. The summed E-state index contributed by atoms with van der Waals surface area (Å²) < 4.78 is 0. The molecule has 1 amide bonds. The number of H-pyrrole nitrogens is 1. The van der Waals surface area contributed by atoms with Gasteiger partial charge in [-0.05, 0) is 18.1 Å². The van der Waals surface area contributed by atoms with Crippen molar-refractivity contribution in [3.05, 3.63) is 24.0 Å². The molecule has 1 aromatic rings. The number of aromatic amines is 1. The maximum Gasteiger partial charge on any atom is 0.295 e. The van der Waals surface area contributed by atoms with Crippen LogP contribution in [-0.4, -0.2) is 17.4 Å². The molecular weight excluding hydrogens is 152 g/mol. The van der Waals surface area contributed by atoms with Crippen molar-refractivity contribution in [3.63, 3.8) is 0 Å². The third kappa shape index (κ3) is 2.51. The van der Waals surface area contributed by atoms with E-state index < -0.39 is 0 Å². The first-order valence-corrected chi connectivity index (χ1v) is 3.69. The molecule has 0 aliphatic heterocycles. The highest BCUT2D eigenvalue weighted by molar-refractivity contribution is 5.92. The van der Waals surface area contributed by atoms with E-state index in [0.717, 1.165) is 12.1 Å². The van der Waals surface area contributed by atoms with Crippen molar-refractivity contribution >= 4 is 5.91 Å². The SMILES string of the molecule is C#CC(=O)NCCc1ccc[nH]1. The van der Waals surface area contributed by atoms with E-state index in [9.17, 15) is 4.79 Å².